The Labute approximate surface area is 92.3 Å². The first-order valence-corrected chi connectivity index (χ1v) is 5.80. The van der Waals surface area contributed by atoms with E-state index in [1.54, 1.807) is 0 Å². The molecule has 0 atom stereocenters. The monoisotopic (exact) mass is 213 g/mol. The van der Waals surface area contributed by atoms with Gasteiger partial charge in [0.2, 0.25) is 0 Å². The summed E-state index contributed by atoms with van der Waals surface area (Å²) >= 11 is 0. The minimum Gasteiger partial charge on any atom is -0.378 e. The van der Waals surface area contributed by atoms with Crippen LogP contribution in [0, 0.1) is 5.92 Å². The number of aliphatic imine (C=N–C) groups is 1. The predicted octanol–water partition coefficient (Wildman–Crippen LogP) is 1.46. The molecule has 0 aromatic rings. The van der Waals surface area contributed by atoms with E-state index in [4.69, 9.17) is 10.6 Å². The van der Waals surface area contributed by atoms with Crippen LogP contribution in [0.3, 0.4) is 0 Å². The molecule has 3 N–H and O–H groups in total. The normalized spacial score (nSPS) is 26.6. The molecule has 0 heterocycles. The molecule has 1 saturated carbocycles. The first kappa shape index (κ1) is 12.5. The summed E-state index contributed by atoms with van der Waals surface area (Å²) < 4.78 is 5.51. The molecule has 0 amide bonds. The minimum atomic E-state index is 0.304. The summed E-state index contributed by atoms with van der Waals surface area (Å²) in [4.78, 5) is 4.43. The van der Waals surface area contributed by atoms with Crippen LogP contribution in [0.1, 0.15) is 40.0 Å². The maximum Gasteiger partial charge on any atom is 0.111 e. The quantitative estimate of drug-likeness (QED) is 0.314. The van der Waals surface area contributed by atoms with Crippen LogP contribution in [-0.4, -0.2) is 24.6 Å². The molecule has 1 aliphatic rings. The molecule has 0 saturated heterocycles. The summed E-state index contributed by atoms with van der Waals surface area (Å²) in [5, 5.41) is 0. The molecule has 0 radical (unpaired) electrons. The van der Waals surface area contributed by atoms with Gasteiger partial charge in [-0.1, -0.05) is 0 Å². The fourth-order valence-corrected chi connectivity index (χ4v) is 1.95. The van der Waals surface area contributed by atoms with Gasteiger partial charge in [0.25, 0.3) is 0 Å². The highest BCUT2D eigenvalue weighted by molar-refractivity contribution is 5.82. The summed E-state index contributed by atoms with van der Waals surface area (Å²) in [6.45, 7) is 6.97. The van der Waals surface area contributed by atoms with Crippen LogP contribution in [0.15, 0.2) is 4.99 Å². The van der Waals surface area contributed by atoms with Crippen molar-refractivity contribution in [3.8, 4) is 0 Å². The zero-order chi connectivity index (χ0) is 11.3. The number of hydrogen-bond acceptors (Lipinski definition) is 3. The van der Waals surface area contributed by atoms with Gasteiger partial charge in [0, 0.05) is 19.1 Å². The third kappa shape index (κ3) is 4.18. The highest BCUT2D eigenvalue weighted by atomic mass is 16.5. The van der Waals surface area contributed by atoms with E-state index in [2.05, 4.69) is 24.3 Å². The van der Waals surface area contributed by atoms with Gasteiger partial charge in [-0.2, -0.15) is 0 Å². The van der Waals surface area contributed by atoms with Gasteiger partial charge >= 0.3 is 0 Å². The van der Waals surface area contributed by atoms with Crippen LogP contribution >= 0.6 is 0 Å². The third-order valence-corrected chi connectivity index (χ3v) is 2.66. The maximum absolute atomic E-state index is 5.51. The van der Waals surface area contributed by atoms with Gasteiger partial charge in [0.1, 0.15) is 5.84 Å². The Morgan fingerprint density at radius 3 is 2.67 bits per heavy atom. The van der Waals surface area contributed by atoms with Crippen molar-refractivity contribution < 1.29 is 4.74 Å². The lowest BCUT2D eigenvalue weighted by atomic mass is 9.80. The second-order valence-corrected chi connectivity index (χ2v) is 4.43. The fraction of sp³-hybridized carbons (Fsp3) is 0.909. The van der Waals surface area contributed by atoms with Crippen molar-refractivity contribution in [1.29, 1.82) is 0 Å². The standard InChI is InChI=1S/C11H23N3O/c1-4-15-10-5-9(6-10)7-11(14-12)13-8(2)3/h8-10H,4-7,12H2,1-3H3,(H,13,14). The first-order chi connectivity index (χ1) is 7.15. The van der Waals surface area contributed by atoms with Gasteiger partial charge in [-0.25, -0.2) is 5.84 Å². The molecule has 88 valence electrons. The summed E-state index contributed by atoms with van der Waals surface area (Å²) in [5.41, 5.74) is 2.69. The number of nitrogens with zero attached hydrogens (tertiary/aromatic N) is 1. The summed E-state index contributed by atoms with van der Waals surface area (Å²) in [6.07, 6.45) is 3.72. The maximum atomic E-state index is 5.51. The van der Waals surface area contributed by atoms with Gasteiger partial charge in [-0.3, -0.25) is 4.99 Å². The third-order valence-electron chi connectivity index (χ3n) is 2.66. The van der Waals surface area contributed by atoms with Crippen LogP contribution in [0.25, 0.3) is 0 Å². The number of amidine groups is 1. The van der Waals surface area contributed by atoms with Crippen molar-refractivity contribution in [2.75, 3.05) is 6.61 Å². The van der Waals surface area contributed by atoms with Crippen molar-refractivity contribution in [2.24, 2.45) is 16.8 Å². The Balaban J connectivity index is 2.25. The van der Waals surface area contributed by atoms with Crippen molar-refractivity contribution in [1.82, 2.24) is 5.43 Å². The van der Waals surface area contributed by atoms with Crippen LogP contribution in [0.2, 0.25) is 0 Å². The first-order valence-electron chi connectivity index (χ1n) is 5.80. The number of nitrogens with two attached hydrogens (primary N) is 1. The highest BCUT2D eigenvalue weighted by Crippen LogP contribution is 2.32. The number of nitrogens with one attached hydrogen (secondary N) is 1. The Hall–Kier alpha value is -0.610. The number of ether oxygens (including phenoxy) is 1. The molecule has 0 aromatic heterocycles. The number of rotatable bonds is 5. The lowest BCUT2D eigenvalue weighted by molar-refractivity contribution is -0.0223. The lowest BCUT2D eigenvalue weighted by Gasteiger charge is -2.35. The zero-order valence-corrected chi connectivity index (χ0v) is 9.99. The lowest BCUT2D eigenvalue weighted by Crippen LogP contribution is -2.38. The number of hydrogen-bond donors (Lipinski definition) is 2. The molecular formula is C11H23N3O. The van der Waals surface area contributed by atoms with E-state index in [-0.39, 0.29) is 0 Å². The van der Waals surface area contributed by atoms with E-state index >= 15 is 0 Å². The topological polar surface area (TPSA) is 59.6 Å². The molecule has 0 spiro atoms. The Morgan fingerprint density at radius 1 is 1.53 bits per heavy atom. The Bertz CT molecular complexity index is 210. The van der Waals surface area contributed by atoms with Crippen molar-refractivity contribution >= 4 is 5.84 Å². The summed E-state index contributed by atoms with van der Waals surface area (Å²) in [7, 11) is 0. The van der Waals surface area contributed by atoms with Gasteiger partial charge < -0.3 is 10.2 Å². The van der Waals surface area contributed by atoms with E-state index in [0.717, 1.165) is 31.7 Å². The molecule has 1 aliphatic carbocycles. The van der Waals surface area contributed by atoms with Crippen molar-refractivity contribution in [2.45, 2.75) is 52.2 Å². The Kier molecular flexibility index (Phi) is 5.05. The SMILES string of the molecule is CCOC1CC(CC(=NC(C)C)NN)C1. The molecule has 1 fully saturated rings. The minimum absolute atomic E-state index is 0.304. The van der Waals surface area contributed by atoms with Gasteiger partial charge in [-0.15, -0.1) is 0 Å². The van der Waals surface area contributed by atoms with E-state index in [1.165, 1.54) is 0 Å². The van der Waals surface area contributed by atoms with Crippen molar-refractivity contribution in [3.63, 3.8) is 0 Å². The largest absolute Gasteiger partial charge is 0.378 e. The fourth-order valence-electron chi connectivity index (χ4n) is 1.95. The molecule has 0 unspecified atom stereocenters. The molecule has 4 nitrogen and oxygen atoms in total. The van der Waals surface area contributed by atoms with E-state index in [9.17, 15) is 0 Å². The van der Waals surface area contributed by atoms with Crippen LogP contribution in [-0.2, 0) is 4.74 Å². The van der Waals surface area contributed by atoms with Crippen LogP contribution in [0.4, 0.5) is 0 Å². The predicted molar refractivity (Wildman–Crippen MR) is 62.6 cm³/mol. The molecule has 15 heavy (non-hydrogen) atoms. The zero-order valence-electron chi connectivity index (χ0n) is 9.99. The molecular weight excluding hydrogens is 190 g/mol. The molecule has 4 heteroatoms. The van der Waals surface area contributed by atoms with Crippen LogP contribution in [0.5, 0.6) is 0 Å². The van der Waals surface area contributed by atoms with E-state index in [1.807, 2.05) is 6.92 Å². The average Bonchev–Trinajstić information content (AvgIpc) is 2.12. The molecule has 0 aliphatic heterocycles. The summed E-state index contributed by atoms with van der Waals surface area (Å²) in [5.74, 6) is 7.04. The Morgan fingerprint density at radius 2 is 2.20 bits per heavy atom. The molecule has 1 rings (SSSR count). The molecule has 0 aromatic carbocycles. The smallest absolute Gasteiger partial charge is 0.111 e. The molecule has 0 bridgehead atoms. The van der Waals surface area contributed by atoms with Gasteiger partial charge in [0.15, 0.2) is 0 Å². The van der Waals surface area contributed by atoms with Gasteiger partial charge in [-0.05, 0) is 39.5 Å². The van der Waals surface area contributed by atoms with E-state index < -0.39 is 0 Å². The second kappa shape index (κ2) is 6.08. The van der Waals surface area contributed by atoms with Crippen molar-refractivity contribution in [3.05, 3.63) is 0 Å². The second-order valence-electron chi connectivity index (χ2n) is 4.43. The highest BCUT2D eigenvalue weighted by Gasteiger charge is 2.30. The summed E-state index contributed by atoms with van der Waals surface area (Å²) in [6, 6.07) is 0.304. The van der Waals surface area contributed by atoms with Crippen LogP contribution < -0.4 is 11.3 Å². The average molecular weight is 213 g/mol. The van der Waals surface area contributed by atoms with E-state index in [0.29, 0.717) is 18.1 Å². The van der Waals surface area contributed by atoms with Gasteiger partial charge in [0.05, 0.1) is 6.10 Å². The number of hydrazine groups is 1.